The highest BCUT2D eigenvalue weighted by molar-refractivity contribution is 5.33. The van der Waals surface area contributed by atoms with Gasteiger partial charge in [-0.05, 0) is 117 Å². The highest BCUT2D eigenvalue weighted by Gasteiger charge is 2.84. The third kappa shape index (κ3) is 4.26. The lowest BCUT2D eigenvalue weighted by Gasteiger charge is -2.64. The highest BCUT2D eigenvalue weighted by Crippen LogP contribution is 2.89. The predicted octanol–water partition coefficient (Wildman–Crippen LogP) is 4.76. The van der Waals surface area contributed by atoms with Crippen molar-refractivity contribution < 1.29 is 34.3 Å². The van der Waals surface area contributed by atoms with Crippen LogP contribution in [0.1, 0.15) is 106 Å². The van der Waals surface area contributed by atoms with Crippen LogP contribution in [0.3, 0.4) is 0 Å². The molecule has 3 aliphatic heterocycles. The molecule has 8 aliphatic rings. The van der Waals surface area contributed by atoms with Gasteiger partial charge in [0.05, 0.1) is 43.2 Å². The van der Waals surface area contributed by atoms with E-state index in [1.165, 1.54) is 25.7 Å². The number of aliphatic hydroxyl groups excluding tert-OH is 2. The van der Waals surface area contributed by atoms with Gasteiger partial charge in [-0.15, -0.1) is 0 Å². The Hall–Kier alpha value is -0.320. The first-order chi connectivity index (χ1) is 21.6. The molecule has 6 unspecified atom stereocenters. The van der Waals surface area contributed by atoms with Crippen LogP contribution in [-0.4, -0.2) is 102 Å². The van der Waals surface area contributed by atoms with Gasteiger partial charge in [0.2, 0.25) is 0 Å². The summed E-state index contributed by atoms with van der Waals surface area (Å²) in [7, 11) is 0. The maximum absolute atomic E-state index is 12.4. The molecule has 15 atom stereocenters. The van der Waals surface area contributed by atoms with Crippen molar-refractivity contribution in [3.05, 3.63) is 0 Å². The van der Waals surface area contributed by atoms with E-state index in [0.717, 1.165) is 65.0 Å². The molecule has 3 heterocycles. The molecule has 2 spiro atoms. The van der Waals surface area contributed by atoms with E-state index in [9.17, 15) is 15.3 Å². The Morgan fingerprint density at radius 1 is 0.957 bits per heavy atom. The Kier molecular flexibility index (Phi) is 7.57. The van der Waals surface area contributed by atoms with E-state index in [2.05, 4.69) is 39.5 Å². The molecule has 0 aromatic carbocycles. The summed E-state index contributed by atoms with van der Waals surface area (Å²) >= 11 is 0. The normalized spacial score (nSPS) is 55.4. The molecule has 0 aromatic heterocycles. The molecule has 8 fully saturated rings. The molecule has 3 saturated heterocycles. The van der Waals surface area contributed by atoms with Crippen LogP contribution in [0.2, 0.25) is 0 Å². The van der Waals surface area contributed by atoms with Crippen molar-refractivity contribution in [1.29, 1.82) is 0 Å². The van der Waals surface area contributed by atoms with E-state index >= 15 is 0 Å². The van der Waals surface area contributed by atoms with Gasteiger partial charge in [0, 0.05) is 31.2 Å². The second-order valence-electron chi connectivity index (χ2n) is 19.1. The monoisotopic (exact) mass is 645 g/mol. The summed E-state index contributed by atoms with van der Waals surface area (Å²) in [6, 6.07) is 0.498. The number of hydrogen-bond donors (Lipinski definition) is 3. The molecule has 5 saturated carbocycles. The number of morpholine rings is 1. The van der Waals surface area contributed by atoms with E-state index in [-0.39, 0.29) is 46.1 Å². The minimum absolute atomic E-state index is 0.0158. The van der Waals surface area contributed by atoms with Crippen molar-refractivity contribution in [1.82, 2.24) is 4.90 Å². The van der Waals surface area contributed by atoms with Crippen LogP contribution in [-0.2, 0) is 18.9 Å². The summed E-state index contributed by atoms with van der Waals surface area (Å²) in [5, 5.41) is 34.1. The van der Waals surface area contributed by atoms with Crippen LogP contribution in [0, 0.1) is 50.7 Å². The van der Waals surface area contributed by atoms with Crippen LogP contribution >= 0.6 is 0 Å². The Morgan fingerprint density at radius 2 is 1.70 bits per heavy atom. The highest BCUT2D eigenvalue weighted by atomic mass is 16.7. The van der Waals surface area contributed by atoms with Crippen molar-refractivity contribution in [3.8, 4) is 0 Å². The van der Waals surface area contributed by atoms with Crippen molar-refractivity contribution in [2.45, 2.75) is 155 Å². The fourth-order valence-corrected chi connectivity index (χ4v) is 14.3. The second-order valence-corrected chi connectivity index (χ2v) is 19.1. The van der Waals surface area contributed by atoms with Crippen LogP contribution in [0.25, 0.3) is 0 Å². The number of fused-ring (bicyclic) bond motifs is 4. The molecule has 0 radical (unpaired) electrons. The summed E-state index contributed by atoms with van der Waals surface area (Å²) < 4.78 is 25.5. The average Bonchev–Trinajstić information content (AvgIpc) is 3.26. The van der Waals surface area contributed by atoms with Crippen molar-refractivity contribution >= 4 is 0 Å². The first kappa shape index (κ1) is 32.9. The number of nitrogens with zero attached hydrogens (tertiary/aromatic N) is 1. The van der Waals surface area contributed by atoms with E-state index < -0.39 is 23.9 Å². The van der Waals surface area contributed by atoms with E-state index in [4.69, 9.17) is 18.9 Å². The number of aliphatic hydroxyl groups is 3. The maximum Gasteiger partial charge on any atom is 0.170 e. The first-order valence-electron chi connectivity index (χ1n) is 18.9. The van der Waals surface area contributed by atoms with Gasteiger partial charge in [0.1, 0.15) is 6.10 Å². The molecule has 3 N–H and O–H groups in total. The Bertz CT molecular complexity index is 1180. The van der Waals surface area contributed by atoms with Gasteiger partial charge < -0.3 is 34.3 Å². The number of rotatable bonds is 5. The van der Waals surface area contributed by atoms with Crippen LogP contribution in [0.4, 0.5) is 0 Å². The zero-order valence-electron chi connectivity index (χ0n) is 29.7. The summed E-state index contributed by atoms with van der Waals surface area (Å²) in [5.41, 5.74) is -0.804. The minimum Gasteiger partial charge on any atom is -0.390 e. The fraction of sp³-hybridized carbons (Fsp3) is 1.00. The van der Waals surface area contributed by atoms with E-state index in [1.807, 2.05) is 0 Å². The van der Waals surface area contributed by atoms with Crippen LogP contribution in [0.5, 0.6) is 0 Å². The van der Waals surface area contributed by atoms with Gasteiger partial charge in [-0.2, -0.15) is 0 Å². The van der Waals surface area contributed by atoms with Gasteiger partial charge in [-0.3, -0.25) is 4.90 Å². The minimum atomic E-state index is -1.24. The molecule has 8 nitrogen and oxygen atoms in total. The first-order valence-corrected chi connectivity index (χ1v) is 18.9. The smallest absolute Gasteiger partial charge is 0.170 e. The zero-order chi connectivity index (χ0) is 32.7. The molecule has 8 rings (SSSR count). The van der Waals surface area contributed by atoms with Crippen molar-refractivity contribution in [2.75, 3.05) is 32.9 Å². The lowest BCUT2D eigenvalue weighted by atomic mass is 9.41. The number of hydrogen-bond acceptors (Lipinski definition) is 8. The lowest BCUT2D eigenvalue weighted by molar-refractivity contribution is -0.251. The van der Waals surface area contributed by atoms with Crippen LogP contribution < -0.4 is 0 Å². The quantitative estimate of drug-likeness (QED) is 0.394. The van der Waals surface area contributed by atoms with E-state index in [1.54, 1.807) is 13.8 Å². The van der Waals surface area contributed by atoms with Crippen molar-refractivity contribution in [2.24, 2.45) is 50.7 Å². The number of ether oxygens (including phenoxy) is 4. The van der Waals surface area contributed by atoms with Gasteiger partial charge >= 0.3 is 0 Å². The molecule has 0 aromatic rings. The molecular formula is C38H63NO7. The van der Waals surface area contributed by atoms with Crippen molar-refractivity contribution in [3.63, 3.8) is 0 Å². The fourth-order valence-electron chi connectivity index (χ4n) is 14.3. The lowest BCUT2D eigenvalue weighted by Crippen LogP contribution is -2.60. The third-order valence-electron chi connectivity index (χ3n) is 16.6. The Labute approximate surface area is 277 Å². The summed E-state index contributed by atoms with van der Waals surface area (Å²) in [5.74, 6) is 1.66. The summed E-state index contributed by atoms with van der Waals surface area (Å²) in [4.78, 5) is 2.53. The molecule has 5 aliphatic carbocycles. The summed E-state index contributed by atoms with van der Waals surface area (Å²) in [6.07, 6.45) is 7.91. The Balaban J connectivity index is 1.02. The third-order valence-corrected chi connectivity index (χ3v) is 16.6. The molecule has 0 bridgehead atoms. The zero-order valence-corrected chi connectivity index (χ0v) is 29.7. The topological polar surface area (TPSA) is 101 Å². The second kappa shape index (κ2) is 10.6. The Morgan fingerprint density at radius 3 is 2.41 bits per heavy atom. The molecular weight excluding hydrogens is 582 g/mol. The van der Waals surface area contributed by atoms with Gasteiger partial charge in [-0.25, -0.2) is 0 Å². The summed E-state index contributed by atoms with van der Waals surface area (Å²) in [6.45, 7) is 19.7. The SMILES string of the molecule is C[C@@H]1CC([C@H](O)C(C)(C)O)OC2C1[C@@]1(C)CCC34C[C@@]35CC[C@H](OC3CN([C@@H]6CCOC6)CCO3)C(C)(C)[C@@H]5CC[C@H]4C1(C)[C@H]2O. The van der Waals surface area contributed by atoms with Gasteiger partial charge in [-0.1, -0.05) is 34.6 Å². The molecule has 46 heavy (non-hydrogen) atoms. The molecule has 262 valence electrons. The van der Waals surface area contributed by atoms with E-state index in [0.29, 0.717) is 29.2 Å². The van der Waals surface area contributed by atoms with Gasteiger partial charge in [0.15, 0.2) is 6.29 Å². The molecule has 0 amide bonds. The maximum atomic E-state index is 12.4. The van der Waals surface area contributed by atoms with Gasteiger partial charge in [0.25, 0.3) is 0 Å². The standard InChI is InChI=1S/C38H63NO7/c1-22-18-24(31(40)34(4,5)42)45-30-29(22)35(6)13-14-38-21-37(38)12-10-27(46-28-19-39(15-17-44-28)23-11-16-43-20-23)33(2,3)25(37)8-9-26(38)36(35,7)32(30)41/h22-32,40-42H,8-21H2,1-7H3/t22-,23-,24?,25+,26+,27+,28?,29?,30?,31+,32+,35-,36?,37-,38?/m1/s1. The van der Waals surface area contributed by atoms with Crippen LogP contribution in [0.15, 0.2) is 0 Å². The predicted molar refractivity (Wildman–Crippen MR) is 174 cm³/mol. The average molecular weight is 646 g/mol. The molecule has 8 heteroatoms. The largest absolute Gasteiger partial charge is 0.390 e.